The quantitative estimate of drug-likeness (QED) is 0.783. The Hall–Kier alpha value is -2.33. The highest BCUT2D eigenvalue weighted by molar-refractivity contribution is 5.89. The number of nitrogens with one attached hydrogen (secondary N) is 1. The zero-order valence-corrected chi connectivity index (χ0v) is 11.7. The van der Waals surface area contributed by atoms with E-state index in [4.69, 9.17) is 9.40 Å². The van der Waals surface area contributed by atoms with Gasteiger partial charge in [-0.05, 0) is 24.3 Å². The van der Waals surface area contributed by atoms with Crippen LogP contribution in [0.4, 0.5) is 5.69 Å². The number of para-hydroxylation sites is 1. The number of hydrogen-bond donors (Lipinski definition) is 1. The van der Waals surface area contributed by atoms with E-state index in [9.17, 15) is 0 Å². The van der Waals surface area contributed by atoms with Crippen molar-refractivity contribution in [1.82, 2.24) is 10.3 Å². The van der Waals surface area contributed by atoms with Gasteiger partial charge >= 0.3 is 0 Å². The van der Waals surface area contributed by atoms with E-state index in [1.54, 1.807) is 0 Å². The third kappa shape index (κ3) is 2.28. The maximum atomic E-state index is 5.93. The normalized spacial score (nSPS) is 15.5. The molecule has 0 aliphatic carbocycles. The monoisotopic (exact) mass is 279 g/mol. The lowest BCUT2D eigenvalue weighted by molar-refractivity contribution is 0.590. The standard InChI is InChI=1S/C17H17N3O/c1-2-5-13(6-3-1)17-19-16-14(7-4-8-15(16)21-17)20-11-9-18-10-12-20/h1-8,18H,9-12H2. The molecule has 21 heavy (non-hydrogen) atoms. The summed E-state index contributed by atoms with van der Waals surface area (Å²) in [5.74, 6) is 0.688. The fourth-order valence-electron chi connectivity index (χ4n) is 2.80. The smallest absolute Gasteiger partial charge is 0.227 e. The lowest BCUT2D eigenvalue weighted by Crippen LogP contribution is -2.43. The van der Waals surface area contributed by atoms with Gasteiger partial charge in [-0.15, -0.1) is 0 Å². The molecule has 2 aromatic carbocycles. The zero-order chi connectivity index (χ0) is 14.1. The Balaban J connectivity index is 1.80. The molecule has 0 atom stereocenters. The van der Waals surface area contributed by atoms with Gasteiger partial charge in [0.15, 0.2) is 5.58 Å². The van der Waals surface area contributed by atoms with Gasteiger partial charge in [0.25, 0.3) is 0 Å². The first-order valence-corrected chi connectivity index (χ1v) is 7.32. The highest BCUT2D eigenvalue weighted by atomic mass is 16.3. The molecule has 1 aliphatic rings. The van der Waals surface area contributed by atoms with Gasteiger partial charge in [0.2, 0.25) is 5.89 Å². The molecule has 1 aliphatic heterocycles. The Morgan fingerprint density at radius 3 is 2.57 bits per heavy atom. The average Bonchev–Trinajstić information content (AvgIpc) is 3.00. The van der Waals surface area contributed by atoms with Crippen LogP contribution in [-0.2, 0) is 0 Å². The lowest BCUT2D eigenvalue weighted by Gasteiger charge is -2.29. The molecule has 0 spiro atoms. The van der Waals surface area contributed by atoms with Crippen molar-refractivity contribution in [3.05, 3.63) is 48.5 Å². The van der Waals surface area contributed by atoms with Crippen LogP contribution < -0.4 is 10.2 Å². The fraction of sp³-hybridized carbons (Fsp3) is 0.235. The summed E-state index contributed by atoms with van der Waals surface area (Å²) in [6.45, 7) is 4.04. The summed E-state index contributed by atoms with van der Waals surface area (Å²) in [4.78, 5) is 7.10. The van der Waals surface area contributed by atoms with Gasteiger partial charge in [0, 0.05) is 31.7 Å². The zero-order valence-electron chi connectivity index (χ0n) is 11.7. The average molecular weight is 279 g/mol. The summed E-state index contributed by atoms with van der Waals surface area (Å²) in [6, 6.07) is 16.2. The van der Waals surface area contributed by atoms with Crippen LogP contribution in [0.3, 0.4) is 0 Å². The first-order valence-electron chi connectivity index (χ1n) is 7.32. The summed E-state index contributed by atoms with van der Waals surface area (Å²) in [5, 5.41) is 3.38. The van der Waals surface area contributed by atoms with Gasteiger partial charge in [-0.3, -0.25) is 0 Å². The first kappa shape index (κ1) is 12.4. The van der Waals surface area contributed by atoms with Crippen LogP contribution in [0.1, 0.15) is 0 Å². The van der Waals surface area contributed by atoms with E-state index in [-0.39, 0.29) is 0 Å². The van der Waals surface area contributed by atoms with Gasteiger partial charge in [0.05, 0.1) is 5.69 Å². The molecule has 0 amide bonds. The largest absolute Gasteiger partial charge is 0.436 e. The number of hydrogen-bond acceptors (Lipinski definition) is 4. The van der Waals surface area contributed by atoms with Crippen LogP contribution in [-0.4, -0.2) is 31.2 Å². The Labute approximate surface area is 123 Å². The maximum Gasteiger partial charge on any atom is 0.227 e. The summed E-state index contributed by atoms with van der Waals surface area (Å²) in [7, 11) is 0. The number of nitrogens with zero attached hydrogens (tertiary/aromatic N) is 2. The summed E-state index contributed by atoms with van der Waals surface area (Å²) >= 11 is 0. The molecular formula is C17H17N3O. The van der Waals surface area contributed by atoms with Crippen molar-refractivity contribution in [3.63, 3.8) is 0 Å². The first-order chi connectivity index (χ1) is 10.4. The van der Waals surface area contributed by atoms with Crippen molar-refractivity contribution in [2.24, 2.45) is 0 Å². The topological polar surface area (TPSA) is 41.3 Å². The molecule has 0 bridgehead atoms. The van der Waals surface area contributed by atoms with Crippen LogP contribution >= 0.6 is 0 Å². The van der Waals surface area contributed by atoms with Gasteiger partial charge in [-0.25, -0.2) is 4.98 Å². The Kier molecular flexibility index (Phi) is 3.09. The minimum Gasteiger partial charge on any atom is -0.436 e. The second-order valence-corrected chi connectivity index (χ2v) is 5.25. The van der Waals surface area contributed by atoms with Crippen molar-refractivity contribution >= 4 is 16.8 Å². The van der Waals surface area contributed by atoms with E-state index in [0.29, 0.717) is 5.89 Å². The number of rotatable bonds is 2. The minimum atomic E-state index is 0.688. The van der Waals surface area contributed by atoms with E-state index in [1.165, 1.54) is 5.69 Å². The van der Waals surface area contributed by atoms with Gasteiger partial charge in [-0.2, -0.15) is 0 Å². The maximum absolute atomic E-state index is 5.93. The van der Waals surface area contributed by atoms with Gasteiger partial charge in [0.1, 0.15) is 5.52 Å². The van der Waals surface area contributed by atoms with Crippen molar-refractivity contribution in [2.75, 3.05) is 31.1 Å². The van der Waals surface area contributed by atoms with Crippen molar-refractivity contribution in [2.45, 2.75) is 0 Å². The number of aromatic nitrogens is 1. The molecule has 3 aromatic rings. The molecule has 1 aromatic heterocycles. The number of fused-ring (bicyclic) bond motifs is 1. The summed E-state index contributed by atoms with van der Waals surface area (Å²) < 4.78 is 5.93. The number of anilines is 1. The van der Waals surface area contributed by atoms with Crippen LogP contribution in [0, 0.1) is 0 Å². The molecule has 4 rings (SSSR count). The van der Waals surface area contributed by atoms with Crippen molar-refractivity contribution < 1.29 is 4.42 Å². The fourth-order valence-corrected chi connectivity index (χ4v) is 2.80. The molecule has 4 nitrogen and oxygen atoms in total. The number of piperazine rings is 1. The molecule has 1 N–H and O–H groups in total. The lowest BCUT2D eigenvalue weighted by atomic mass is 10.2. The SMILES string of the molecule is c1ccc(-c2nc3c(N4CCNCC4)cccc3o2)cc1. The minimum absolute atomic E-state index is 0.688. The van der Waals surface area contributed by atoms with Crippen LogP contribution in [0.25, 0.3) is 22.6 Å². The van der Waals surface area contributed by atoms with E-state index in [2.05, 4.69) is 16.3 Å². The predicted octanol–water partition coefficient (Wildman–Crippen LogP) is 2.90. The summed E-state index contributed by atoms with van der Waals surface area (Å²) in [6.07, 6.45) is 0. The predicted molar refractivity (Wildman–Crippen MR) is 84.5 cm³/mol. The van der Waals surface area contributed by atoms with Crippen LogP contribution in [0.15, 0.2) is 52.9 Å². The third-order valence-electron chi connectivity index (χ3n) is 3.88. The Bertz CT molecular complexity index is 745. The van der Waals surface area contributed by atoms with E-state index in [1.807, 2.05) is 42.5 Å². The van der Waals surface area contributed by atoms with Crippen LogP contribution in [0.2, 0.25) is 0 Å². The number of benzene rings is 2. The Morgan fingerprint density at radius 2 is 1.76 bits per heavy atom. The molecule has 0 saturated carbocycles. The highest BCUT2D eigenvalue weighted by Gasteiger charge is 2.17. The van der Waals surface area contributed by atoms with E-state index in [0.717, 1.165) is 42.8 Å². The molecule has 0 unspecified atom stereocenters. The molecule has 1 fully saturated rings. The third-order valence-corrected chi connectivity index (χ3v) is 3.88. The van der Waals surface area contributed by atoms with E-state index >= 15 is 0 Å². The van der Waals surface area contributed by atoms with E-state index < -0.39 is 0 Å². The van der Waals surface area contributed by atoms with Gasteiger partial charge in [-0.1, -0.05) is 24.3 Å². The summed E-state index contributed by atoms with van der Waals surface area (Å²) in [5.41, 5.74) is 3.99. The van der Waals surface area contributed by atoms with Crippen LogP contribution in [0.5, 0.6) is 0 Å². The molecule has 4 heteroatoms. The number of oxazole rings is 1. The molecule has 2 heterocycles. The van der Waals surface area contributed by atoms with Gasteiger partial charge < -0.3 is 14.6 Å². The van der Waals surface area contributed by atoms with Crippen molar-refractivity contribution in [1.29, 1.82) is 0 Å². The van der Waals surface area contributed by atoms with Crippen molar-refractivity contribution in [3.8, 4) is 11.5 Å². The molecule has 106 valence electrons. The molecule has 1 saturated heterocycles. The Morgan fingerprint density at radius 1 is 0.952 bits per heavy atom. The molecule has 0 radical (unpaired) electrons. The highest BCUT2D eigenvalue weighted by Crippen LogP contribution is 2.30. The second-order valence-electron chi connectivity index (χ2n) is 5.25. The second kappa shape index (κ2) is 5.22. The molecular weight excluding hydrogens is 262 g/mol.